The normalized spacial score (nSPS) is 20.7. The molecule has 0 aliphatic heterocycles. The van der Waals surface area contributed by atoms with Crippen LogP contribution in [0.1, 0.15) is 82.3 Å². The van der Waals surface area contributed by atoms with Crippen molar-refractivity contribution in [1.29, 1.82) is 0 Å². The molecule has 2 aromatic rings. The molecule has 0 bridgehead atoms. The monoisotopic (exact) mass is 440 g/mol. The summed E-state index contributed by atoms with van der Waals surface area (Å²) in [5.74, 6) is -0.371. The van der Waals surface area contributed by atoms with Crippen LogP contribution in [0.25, 0.3) is 11.1 Å². The summed E-state index contributed by atoms with van der Waals surface area (Å²) in [6.07, 6.45) is 17.0. The lowest BCUT2D eigenvalue weighted by Gasteiger charge is -2.29. The highest BCUT2D eigenvalue weighted by molar-refractivity contribution is 5.66. The van der Waals surface area contributed by atoms with E-state index in [4.69, 9.17) is 0 Å². The van der Waals surface area contributed by atoms with E-state index >= 15 is 4.39 Å². The second-order valence-corrected chi connectivity index (χ2v) is 9.86. The van der Waals surface area contributed by atoms with Gasteiger partial charge in [-0.3, -0.25) is 0 Å². The third-order valence-electron chi connectivity index (χ3n) is 7.64. The average Bonchev–Trinajstić information content (AvgIpc) is 2.81. The Morgan fingerprint density at radius 3 is 2.31 bits per heavy atom. The molecule has 0 saturated heterocycles. The van der Waals surface area contributed by atoms with E-state index in [9.17, 15) is 8.78 Å². The minimum atomic E-state index is -0.947. The van der Waals surface area contributed by atoms with Gasteiger partial charge >= 0.3 is 0 Å². The molecule has 0 spiro atoms. The maximum atomic E-state index is 15.2. The van der Waals surface area contributed by atoms with E-state index in [1.165, 1.54) is 69.4 Å². The summed E-state index contributed by atoms with van der Waals surface area (Å²) >= 11 is 0. The van der Waals surface area contributed by atoms with Gasteiger partial charge in [-0.1, -0.05) is 88.1 Å². The van der Waals surface area contributed by atoms with Crippen molar-refractivity contribution in [2.75, 3.05) is 0 Å². The SMILES string of the molecule is CCCCCC1CCC(CCC2=CCc3c(ccc(-c4ccc(F)c(F)c4)c3F)C2)CC1. The molecule has 0 aromatic heterocycles. The predicted molar refractivity (Wildman–Crippen MR) is 126 cm³/mol. The van der Waals surface area contributed by atoms with Gasteiger partial charge in [-0.15, -0.1) is 0 Å². The number of hydrogen-bond acceptors (Lipinski definition) is 0. The molecule has 32 heavy (non-hydrogen) atoms. The van der Waals surface area contributed by atoms with Crippen molar-refractivity contribution in [3.8, 4) is 11.1 Å². The first-order chi connectivity index (χ1) is 15.5. The fraction of sp³-hybridized carbons (Fsp3) is 0.517. The molecule has 1 saturated carbocycles. The minimum absolute atomic E-state index is 0.301. The molecule has 2 aliphatic rings. The van der Waals surface area contributed by atoms with Crippen LogP contribution < -0.4 is 0 Å². The van der Waals surface area contributed by atoms with Gasteiger partial charge in [0, 0.05) is 5.56 Å². The number of rotatable bonds is 8. The average molecular weight is 441 g/mol. The van der Waals surface area contributed by atoms with Gasteiger partial charge in [-0.25, -0.2) is 13.2 Å². The number of benzene rings is 2. The zero-order valence-corrected chi connectivity index (χ0v) is 19.2. The first kappa shape index (κ1) is 23.1. The van der Waals surface area contributed by atoms with Crippen molar-refractivity contribution in [3.05, 3.63) is 70.6 Å². The molecule has 2 aliphatic carbocycles. The molecule has 0 heterocycles. The first-order valence-corrected chi connectivity index (χ1v) is 12.5. The summed E-state index contributed by atoms with van der Waals surface area (Å²) in [5, 5.41) is 0. The molecular formula is C29H35F3. The summed E-state index contributed by atoms with van der Waals surface area (Å²) in [7, 11) is 0. The number of fused-ring (bicyclic) bond motifs is 1. The summed E-state index contributed by atoms with van der Waals surface area (Å²) in [6, 6.07) is 7.24. The Hall–Kier alpha value is -2.03. The molecule has 0 amide bonds. The van der Waals surface area contributed by atoms with E-state index in [0.717, 1.165) is 42.4 Å². The van der Waals surface area contributed by atoms with Crippen LogP contribution in [-0.2, 0) is 12.8 Å². The number of allylic oxidation sites excluding steroid dienone is 2. The second kappa shape index (κ2) is 10.7. The Labute approximate surface area is 190 Å². The van der Waals surface area contributed by atoms with Gasteiger partial charge in [0.05, 0.1) is 0 Å². The lowest BCUT2D eigenvalue weighted by Crippen LogP contribution is -2.15. The maximum Gasteiger partial charge on any atom is 0.159 e. The van der Waals surface area contributed by atoms with Gasteiger partial charge < -0.3 is 0 Å². The van der Waals surface area contributed by atoms with Crippen molar-refractivity contribution in [1.82, 2.24) is 0 Å². The number of hydrogen-bond donors (Lipinski definition) is 0. The molecule has 172 valence electrons. The molecule has 4 rings (SSSR count). The van der Waals surface area contributed by atoms with Crippen molar-refractivity contribution >= 4 is 0 Å². The van der Waals surface area contributed by atoms with Crippen molar-refractivity contribution in [2.45, 2.75) is 84.0 Å². The lowest BCUT2D eigenvalue weighted by molar-refractivity contribution is 0.249. The molecule has 0 atom stereocenters. The van der Waals surface area contributed by atoms with Crippen LogP contribution in [0, 0.1) is 29.3 Å². The summed E-state index contributed by atoms with van der Waals surface area (Å²) in [5.41, 5.74) is 3.87. The fourth-order valence-corrected chi connectivity index (χ4v) is 5.57. The third kappa shape index (κ3) is 5.47. The molecular weight excluding hydrogens is 405 g/mol. The van der Waals surface area contributed by atoms with E-state index in [-0.39, 0.29) is 5.82 Å². The molecule has 3 heteroatoms. The summed E-state index contributed by atoms with van der Waals surface area (Å²) < 4.78 is 42.0. The quantitative estimate of drug-likeness (QED) is 0.284. The maximum absolute atomic E-state index is 15.2. The Kier molecular flexibility index (Phi) is 7.75. The Morgan fingerprint density at radius 2 is 1.59 bits per heavy atom. The Balaban J connectivity index is 1.32. The van der Waals surface area contributed by atoms with Crippen LogP contribution in [0.2, 0.25) is 0 Å². The zero-order chi connectivity index (χ0) is 22.5. The number of halogens is 3. The highest BCUT2D eigenvalue weighted by Crippen LogP contribution is 2.37. The van der Waals surface area contributed by atoms with Crippen LogP contribution in [-0.4, -0.2) is 0 Å². The largest absolute Gasteiger partial charge is 0.206 e. The van der Waals surface area contributed by atoms with E-state index in [1.54, 1.807) is 6.07 Å². The lowest BCUT2D eigenvalue weighted by atomic mass is 9.77. The van der Waals surface area contributed by atoms with Crippen molar-refractivity contribution in [3.63, 3.8) is 0 Å². The van der Waals surface area contributed by atoms with Gasteiger partial charge in [0.15, 0.2) is 11.6 Å². The van der Waals surface area contributed by atoms with E-state index in [2.05, 4.69) is 13.0 Å². The van der Waals surface area contributed by atoms with Crippen LogP contribution >= 0.6 is 0 Å². The van der Waals surface area contributed by atoms with Gasteiger partial charge in [-0.2, -0.15) is 0 Å². The smallest absolute Gasteiger partial charge is 0.159 e. The molecule has 0 nitrogen and oxygen atoms in total. The minimum Gasteiger partial charge on any atom is -0.206 e. The van der Waals surface area contributed by atoms with Crippen LogP contribution in [0.15, 0.2) is 42.0 Å². The van der Waals surface area contributed by atoms with Crippen molar-refractivity contribution < 1.29 is 13.2 Å². The third-order valence-corrected chi connectivity index (χ3v) is 7.64. The van der Waals surface area contributed by atoms with Crippen LogP contribution in [0.5, 0.6) is 0 Å². The number of unbranched alkanes of at least 4 members (excludes halogenated alkanes) is 2. The Bertz CT molecular complexity index is 951. The molecule has 1 fully saturated rings. The first-order valence-electron chi connectivity index (χ1n) is 12.5. The second-order valence-electron chi connectivity index (χ2n) is 9.86. The van der Waals surface area contributed by atoms with E-state index < -0.39 is 11.6 Å². The van der Waals surface area contributed by atoms with E-state index in [1.807, 2.05) is 6.07 Å². The summed E-state index contributed by atoms with van der Waals surface area (Å²) in [6.45, 7) is 2.27. The van der Waals surface area contributed by atoms with Gasteiger partial charge in [0.25, 0.3) is 0 Å². The predicted octanol–water partition coefficient (Wildman–Crippen LogP) is 8.96. The zero-order valence-electron chi connectivity index (χ0n) is 19.2. The van der Waals surface area contributed by atoms with E-state index in [0.29, 0.717) is 23.1 Å². The Morgan fingerprint density at radius 1 is 0.844 bits per heavy atom. The van der Waals surface area contributed by atoms with Gasteiger partial charge in [0.1, 0.15) is 5.82 Å². The standard InChI is InChI=1S/C29H35F3/c1-2-3-4-5-20-6-8-21(9-7-20)10-11-22-12-15-25-23(18-22)13-16-26(29(25)32)24-14-17-27(30)28(31)19-24/h12-14,16-17,19-21H,2-11,15,18H2,1H3. The topological polar surface area (TPSA) is 0 Å². The molecule has 0 N–H and O–H groups in total. The molecule has 2 aromatic carbocycles. The fourth-order valence-electron chi connectivity index (χ4n) is 5.57. The molecule has 0 radical (unpaired) electrons. The highest BCUT2D eigenvalue weighted by Gasteiger charge is 2.23. The van der Waals surface area contributed by atoms with Gasteiger partial charge in [-0.05, 0) is 66.3 Å². The summed E-state index contributed by atoms with van der Waals surface area (Å²) in [4.78, 5) is 0. The van der Waals surface area contributed by atoms with Crippen LogP contribution in [0.4, 0.5) is 13.2 Å². The van der Waals surface area contributed by atoms with Gasteiger partial charge in [0.2, 0.25) is 0 Å². The van der Waals surface area contributed by atoms with Crippen molar-refractivity contribution in [2.24, 2.45) is 11.8 Å². The highest BCUT2D eigenvalue weighted by atomic mass is 19.2. The van der Waals surface area contributed by atoms with Crippen LogP contribution in [0.3, 0.4) is 0 Å². The molecule has 0 unspecified atom stereocenters.